The number of piperidine rings is 1. The third-order valence-corrected chi connectivity index (χ3v) is 6.32. The lowest BCUT2D eigenvalue weighted by molar-refractivity contribution is -0.116. The predicted octanol–water partition coefficient (Wildman–Crippen LogP) is 3.16. The van der Waals surface area contributed by atoms with Crippen LogP contribution < -0.4 is 21.3 Å². The van der Waals surface area contributed by atoms with Gasteiger partial charge < -0.3 is 21.3 Å². The van der Waals surface area contributed by atoms with E-state index >= 15 is 0 Å². The standard InChI is InChI=1S/C22H28N6O/c23-12-14-7-9-28(10-8-14)21-18(15-1-2-15)13-24-22(27-21)25-17-4-5-19-16(11-17)3-6-20(29)26-19/h4-5,11,13-15H,1-3,6-10,12,23H2,(H,26,29)(H,24,25,27). The van der Waals surface area contributed by atoms with Crippen molar-refractivity contribution >= 4 is 29.0 Å². The molecule has 7 heteroatoms. The van der Waals surface area contributed by atoms with Gasteiger partial charge in [-0.15, -0.1) is 0 Å². The number of nitrogens with zero attached hydrogens (tertiary/aromatic N) is 3. The van der Waals surface area contributed by atoms with Crippen molar-refractivity contribution in [1.29, 1.82) is 0 Å². The molecule has 4 N–H and O–H groups in total. The Balaban J connectivity index is 1.38. The monoisotopic (exact) mass is 392 g/mol. The van der Waals surface area contributed by atoms with E-state index in [-0.39, 0.29) is 5.91 Å². The zero-order chi connectivity index (χ0) is 19.8. The molecule has 1 aromatic heterocycles. The second-order valence-corrected chi connectivity index (χ2v) is 8.46. The summed E-state index contributed by atoms with van der Waals surface area (Å²) in [6.07, 6.45) is 8.03. The van der Waals surface area contributed by atoms with Gasteiger partial charge >= 0.3 is 0 Å². The van der Waals surface area contributed by atoms with Crippen LogP contribution in [0.5, 0.6) is 0 Å². The predicted molar refractivity (Wildman–Crippen MR) is 115 cm³/mol. The van der Waals surface area contributed by atoms with Gasteiger partial charge in [-0.3, -0.25) is 4.79 Å². The number of anilines is 4. The van der Waals surface area contributed by atoms with Gasteiger partial charge in [0.2, 0.25) is 11.9 Å². The summed E-state index contributed by atoms with van der Waals surface area (Å²) in [5.41, 5.74) is 10.2. The van der Waals surface area contributed by atoms with E-state index in [1.165, 1.54) is 18.4 Å². The first kappa shape index (κ1) is 18.4. The fraction of sp³-hybridized carbons (Fsp3) is 0.500. The van der Waals surface area contributed by atoms with Gasteiger partial charge in [-0.05, 0) is 74.2 Å². The lowest BCUT2D eigenvalue weighted by atomic mass is 9.97. The number of hydrogen-bond donors (Lipinski definition) is 3. The third-order valence-electron chi connectivity index (χ3n) is 6.32. The van der Waals surface area contributed by atoms with Gasteiger partial charge in [0.15, 0.2) is 0 Å². The maximum atomic E-state index is 11.6. The van der Waals surface area contributed by atoms with Gasteiger partial charge in [-0.2, -0.15) is 4.98 Å². The number of aryl methyl sites for hydroxylation is 1. The minimum Gasteiger partial charge on any atom is -0.356 e. The number of carbonyl (C=O) groups is 1. The summed E-state index contributed by atoms with van der Waals surface area (Å²) in [4.78, 5) is 23.5. The van der Waals surface area contributed by atoms with E-state index in [0.29, 0.717) is 24.2 Å². The van der Waals surface area contributed by atoms with Crippen molar-refractivity contribution < 1.29 is 4.79 Å². The summed E-state index contributed by atoms with van der Waals surface area (Å²) >= 11 is 0. The van der Waals surface area contributed by atoms with Gasteiger partial charge in [0.05, 0.1) is 0 Å². The molecule has 0 radical (unpaired) electrons. The average Bonchev–Trinajstić information content (AvgIpc) is 3.59. The highest BCUT2D eigenvalue weighted by Crippen LogP contribution is 2.44. The number of nitrogens with one attached hydrogen (secondary N) is 2. The molecular formula is C22H28N6O. The summed E-state index contributed by atoms with van der Waals surface area (Å²) in [6.45, 7) is 2.80. The number of aromatic nitrogens is 2. The van der Waals surface area contributed by atoms with Crippen molar-refractivity contribution in [3.63, 3.8) is 0 Å². The van der Waals surface area contributed by atoms with Crippen molar-refractivity contribution in [3.8, 4) is 0 Å². The lowest BCUT2D eigenvalue weighted by Gasteiger charge is -2.33. The summed E-state index contributed by atoms with van der Waals surface area (Å²) in [5, 5.41) is 6.29. The van der Waals surface area contributed by atoms with Crippen LogP contribution in [0.3, 0.4) is 0 Å². The van der Waals surface area contributed by atoms with Crippen molar-refractivity contribution in [2.24, 2.45) is 11.7 Å². The van der Waals surface area contributed by atoms with Crippen LogP contribution in [0.1, 0.15) is 49.1 Å². The molecule has 1 saturated heterocycles. The van der Waals surface area contributed by atoms with Crippen molar-refractivity contribution in [2.45, 2.75) is 44.4 Å². The largest absolute Gasteiger partial charge is 0.356 e. The topological polar surface area (TPSA) is 96.2 Å². The summed E-state index contributed by atoms with van der Waals surface area (Å²) in [6, 6.07) is 6.00. The molecule has 0 spiro atoms. The zero-order valence-electron chi connectivity index (χ0n) is 16.7. The van der Waals surface area contributed by atoms with Crippen molar-refractivity contribution in [3.05, 3.63) is 35.5 Å². The molecule has 1 amide bonds. The van der Waals surface area contributed by atoms with Crippen LogP contribution in [-0.2, 0) is 11.2 Å². The van der Waals surface area contributed by atoms with Crippen LogP contribution in [0.25, 0.3) is 0 Å². The number of rotatable bonds is 5. The fourth-order valence-electron chi connectivity index (χ4n) is 4.35. The van der Waals surface area contributed by atoms with Crippen LogP contribution in [0.2, 0.25) is 0 Å². The lowest BCUT2D eigenvalue weighted by Crippen LogP contribution is -2.37. The van der Waals surface area contributed by atoms with Crippen LogP contribution in [0, 0.1) is 5.92 Å². The molecule has 2 aromatic rings. The molecule has 1 aromatic carbocycles. The maximum Gasteiger partial charge on any atom is 0.229 e. The van der Waals surface area contributed by atoms with E-state index in [4.69, 9.17) is 10.7 Å². The quantitative estimate of drug-likeness (QED) is 0.723. The second kappa shape index (κ2) is 7.63. The molecule has 29 heavy (non-hydrogen) atoms. The zero-order valence-corrected chi connectivity index (χ0v) is 16.7. The Morgan fingerprint density at radius 1 is 1.17 bits per heavy atom. The third kappa shape index (κ3) is 3.92. The highest BCUT2D eigenvalue weighted by molar-refractivity contribution is 5.94. The SMILES string of the molecule is NCC1CCN(c2nc(Nc3ccc4c(c3)CCC(=O)N4)ncc2C2CC2)CC1. The van der Waals surface area contributed by atoms with Crippen LogP contribution in [-0.4, -0.2) is 35.5 Å². The Morgan fingerprint density at radius 3 is 2.76 bits per heavy atom. The normalized spacial score (nSPS) is 19.6. The van der Waals surface area contributed by atoms with E-state index in [0.717, 1.165) is 61.7 Å². The molecule has 2 fully saturated rings. The summed E-state index contributed by atoms with van der Waals surface area (Å²) in [7, 11) is 0. The summed E-state index contributed by atoms with van der Waals surface area (Å²) in [5.74, 6) is 3.04. The fourth-order valence-corrected chi connectivity index (χ4v) is 4.35. The first-order chi connectivity index (χ1) is 14.2. The van der Waals surface area contributed by atoms with E-state index in [2.05, 4.69) is 26.6 Å². The van der Waals surface area contributed by atoms with Crippen LogP contribution in [0.15, 0.2) is 24.4 Å². The Hall–Kier alpha value is -2.67. The highest BCUT2D eigenvalue weighted by Gasteiger charge is 2.31. The molecule has 1 aliphatic carbocycles. The highest BCUT2D eigenvalue weighted by atomic mass is 16.1. The van der Waals surface area contributed by atoms with Crippen molar-refractivity contribution in [1.82, 2.24) is 9.97 Å². The van der Waals surface area contributed by atoms with E-state index in [1.807, 2.05) is 18.3 Å². The smallest absolute Gasteiger partial charge is 0.229 e. The van der Waals surface area contributed by atoms with Crippen LogP contribution >= 0.6 is 0 Å². The molecule has 0 atom stereocenters. The molecule has 3 aliphatic rings. The van der Waals surface area contributed by atoms with Crippen LogP contribution in [0.4, 0.5) is 23.1 Å². The number of amides is 1. The molecule has 2 aliphatic heterocycles. The van der Waals surface area contributed by atoms with E-state index in [1.54, 1.807) is 0 Å². The molecule has 0 bridgehead atoms. The van der Waals surface area contributed by atoms with Gasteiger partial charge in [0, 0.05) is 42.6 Å². The Labute approximate surface area is 171 Å². The first-order valence-electron chi connectivity index (χ1n) is 10.7. The molecule has 1 saturated carbocycles. The molecule has 0 unspecified atom stereocenters. The van der Waals surface area contributed by atoms with E-state index in [9.17, 15) is 4.79 Å². The Morgan fingerprint density at radius 2 is 2.00 bits per heavy atom. The van der Waals surface area contributed by atoms with Gasteiger partial charge in [-0.1, -0.05) is 0 Å². The molecule has 5 rings (SSSR count). The minimum absolute atomic E-state index is 0.0836. The van der Waals surface area contributed by atoms with Gasteiger partial charge in [0.1, 0.15) is 5.82 Å². The summed E-state index contributed by atoms with van der Waals surface area (Å²) < 4.78 is 0. The Kier molecular flexibility index (Phi) is 4.83. The van der Waals surface area contributed by atoms with Crippen molar-refractivity contribution in [2.75, 3.05) is 35.2 Å². The number of nitrogens with two attached hydrogens (primary N) is 1. The molecular weight excluding hydrogens is 364 g/mol. The number of benzene rings is 1. The molecule has 152 valence electrons. The number of carbonyl (C=O) groups excluding carboxylic acids is 1. The van der Waals surface area contributed by atoms with Gasteiger partial charge in [-0.25, -0.2) is 4.98 Å². The first-order valence-corrected chi connectivity index (χ1v) is 10.7. The molecule has 7 nitrogen and oxygen atoms in total. The number of hydrogen-bond acceptors (Lipinski definition) is 6. The average molecular weight is 393 g/mol. The minimum atomic E-state index is 0.0836. The second-order valence-electron chi connectivity index (χ2n) is 8.46. The molecule has 3 heterocycles. The number of fused-ring (bicyclic) bond motifs is 1. The maximum absolute atomic E-state index is 11.6. The van der Waals surface area contributed by atoms with Gasteiger partial charge in [0.25, 0.3) is 0 Å². The van der Waals surface area contributed by atoms with E-state index < -0.39 is 0 Å². The Bertz CT molecular complexity index is 918.